The quantitative estimate of drug-likeness (QED) is 0.165. The molecule has 0 bridgehead atoms. The van der Waals surface area contributed by atoms with Crippen molar-refractivity contribution in [3.8, 4) is 40.2 Å². The van der Waals surface area contributed by atoms with E-state index >= 15 is 0 Å². The van der Waals surface area contributed by atoms with E-state index in [1.807, 2.05) is 36.4 Å². The van der Waals surface area contributed by atoms with Crippen molar-refractivity contribution in [2.24, 2.45) is 0 Å². The highest BCUT2D eigenvalue weighted by Crippen LogP contribution is 2.37. The Morgan fingerprint density at radius 3 is 2.64 bits per heavy atom. The molecule has 0 fully saturated rings. The summed E-state index contributed by atoms with van der Waals surface area (Å²) in [5, 5.41) is 31.2. The van der Waals surface area contributed by atoms with Gasteiger partial charge in [-0.3, -0.25) is 9.78 Å². The summed E-state index contributed by atoms with van der Waals surface area (Å²) in [7, 11) is 0. The topological polar surface area (TPSA) is 143 Å². The minimum Gasteiger partial charge on any atom is -0.488 e. The SMILES string of the molecule is Cc1c(COc2cc(OCc3cncc(C#N)c3)c(CNC[C@@H](O)CC(=O)O)cc2Br)cccc1-c1ccc2c(c1)OCCO2. The minimum absolute atomic E-state index is 0.0920. The first-order valence-corrected chi connectivity index (χ1v) is 15.1. The number of pyridine rings is 1. The second kappa shape index (κ2) is 14.9. The molecule has 0 saturated heterocycles. The summed E-state index contributed by atoms with van der Waals surface area (Å²) >= 11 is 3.62. The predicted molar refractivity (Wildman–Crippen MR) is 169 cm³/mol. The van der Waals surface area contributed by atoms with Crippen LogP contribution in [0.25, 0.3) is 11.1 Å². The van der Waals surface area contributed by atoms with Gasteiger partial charge < -0.3 is 34.5 Å². The number of fused-ring (bicyclic) bond motifs is 1. The van der Waals surface area contributed by atoms with Crippen LogP contribution in [0.1, 0.15) is 34.2 Å². The summed E-state index contributed by atoms with van der Waals surface area (Å²) < 4.78 is 24.6. The van der Waals surface area contributed by atoms with Crippen LogP contribution in [-0.4, -0.2) is 47.0 Å². The first-order chi connectivity index (χ1) is 21.8. The lowest BCUT2D eigenvalue weighted by Crippen LogP contribution is -2.28. The third kappa shape index (κ3) is 8.30. The molecule has 1 aliphatic heterocycles. The van der Waals surface area contributed by atoms with E-state index in [4.69, 9.17) is 24.1 Å². The monoisotopic (exact) mass is 673 g/mol. The molecule has 0 saturated carbocycles. The Bertz CT molecular complexity index is 1720. The zero-order valence-corrected chi connectivity index (χ0v) is 26.2. The Kier molecular flexibility index (Phi) is 10.5. The summed E-state index contributed by atoms with van der Waals surface area (Å²) in [6.07, 6.45) is 1.73. The van der Waals surface area contributed by atoms with Crippen molar-refractivity contribution < 1.29 is 34.0 Å². The van der Waals surface area contributed by atoms with E-state index in [1.165, 1.54) is 6.20 Å². The number of aromatic nitrogens is 1. The molecule has 0 unspecified atom stereocenters. The second-order valence-electron chi connectivity index (χ2n) is 10.5. The van der Waals surface area contributed by atoms with Crippen LogP contribution in [0.4, 0.5) is 0 Å². The van der Waals surface area contributed by atoms with Crippen molar-refractivity contribution in [1.29, 1.82) is 5.26 Å². The number of hydrogen-bond donors (Lipinski definition) is 3. The number of benzene rings is 3. The number of carboxylic acid groups (broad SMARTS) is 1. The number of hydrogen-bond acceptors (Lipinski definition) is 9. The number of halogens is 1. The molecule has 2 heterocycles. The number of aliphatic hydroxyl groups excluding tert-OH is 1. The second-order valence-corrected chi connectivity index (χ2v) is 11.3. The third-order valence-electron chi connectivity index (χ3n) is 7.22. The van der Waals surface area contributed by atoms with Crippen LogP contribution in [0.15, 0.2) is 71.5 Å². The summed E-state index contributed by atoms with van der Waals surface area (Å²) in [6.45, 7) is 3.98. The van der Waals surface area contributed by atoms with Gasteiger partial charge in [-0.25, -0.2) is 0 Å². The maximum atomic E-state index is 10.9. The standard InChI is InChI=1S/C34H32BrN3O7/c1-21-25(3-2-4-28(21)24-5-6-30-33(11-24)43-8-7-42-30)20-45-32-13-31(44-19-23-9-22(14-36)15-37-16-23)26(10-29(32)35)17-38-18-27(39)12-34(40)41/h2-6,9-11,13,15-16,27,38-39H,7-8,12,17-20H2,1H3,(H,40,41)/t27-/m0/s1. The molecule has 4 aromatic rings. The summed E-state index contributed by atoms with van der Waals surface area (Å²) in [5.41, 5.74) is 6.09. The van der Waals surface area contributed by atoms with Crippen LogP contribution in [0.5, 0.6) is 23.0 Å². The molecule has 45 heavy (non-hydrogen) atoms. The molecular formula is C34H32BrN3O7. The summed E-state index contributed by atoms with van der Waals surface area (Å²) in [5.74, 6) is 1.49. The smallest absolute Gasteiger partial charge is 0.306 e. The van der Waals surface area contributed by atoms with Crippen LogP contribution < -0.4 is 24.3 Å². The zero-order chi connectivity index (χ0) is 31.8. The number of carbonyl (C=O) groups is 1. The number of carboxylic acids is 1. The van der Waals surface area contributed by atoms with Gasteiger partial charge in [-0.05, 0) is 69.4 Å². The molecular weight excluding hydrogens is 642 g/mol. The van der Waals surface area contributed by atoms with Gasteiger partial charge in [-0.1, -0.05) is 24.3 Å². The Labute approximate surface area is 269 Å². The van der Waals surface area contributed by atoms with Crippen LogP contribution in [0.3, 0.4) is 0 Å². The Balaban J connectivity index is 1.34. The molecule has 0 spiro atoms. The van der Waals surface area contributed by atoms with Crippen molar-refractivity contribution in [3.05, 3.63) is 99.3 Å². The van der Waals surface area contributed by atoms with Crippen molar-refractivity contribution in [2.75, 3.05) is 19.8 Å². The third-order valence-corrected chi connectivity index (χ3v) is 7.84. The first-order valence-electron chi connectivity index (χ1n) is 14.3. The molecule has 1 atom stereocenters. The largest absolute Gasteiger partial charge is 0.488 e. The fourth-order valence-corrected chi connectivity index (χ4v) is 5.42. The number of aliphatic carboxylic acids is 1. The van der Waals surface area contributed by atoms with Gasteiger partial charge in [0.25, 0.3) is 0 Å². The number of aliphatic hydroxyl groups is 1. The van der Waals surface area contributed by atoms with Gasteiger partial charge in [0.2, 0.25) is 0 Å². The molecule has 3 aromatic carbocycles. The van der Waals surface area contributed by atoms with Gasteiger partial charge in [0.05, 0.1) is 22.6 Å². The lowest BCUT2D eigenvalue weighted by molar-refractivity contribution is -0.139. The highest BCUT2D eigenvalue weighted by Gasteiger charge is 2.17. The van der Waals surface area contributed by atoms with Gasteiger partial charge in [0.15, 0.2) is 11.5 Å². The average Bonchev–Trinajstić information content (AvgIpc) is 3.04. The van der Waals surface area contributed by atoms with E-state index in [9.17, 15) is 15.2 Å². The number of ether oxygens (including phenoxy) is 4. The molecule has 1 aliphatic rings. The highest BCUT2D eigenvalue weighted by atomic mass is 79.9. The van der Waals surface area contributed by atoms with Gasteiger partial charge >= 0.3 is 5.97 Å². The minimum atomic E-state index is -1.07. The van der Waals surface area contributed by atoms with Crippen molar-refractivity contribution >= 4 is 21.9 Å². The highest BCUT2D eigenvalue weighted by molar-refractivity contribution is 9.10. The molecule has 1 aromatic heterocycles. The summed E-state index contributed by atoms with van der Waals surface area (Å²) in [6, 6.07) is 19.5. The van der Waals surface area contributed by atoms with E-state index in [0.717, 1.165) is 44.9 Å². The number of rotatable bonds is 13. The molecule has 3 N–H and O–H groups in total. The Hall–Kier alpha value is -4.63. The molecule has 0 amide bonds. The van der Waals surface area contributed by atoms with E-state index in [1.54, 1.807) is 18.3 Å². The van der Waals surface area contributed by atoms with E-state index in [2.05, 4.69) is 45.3 Å². The summed E-state index contributed by atoms with van der Waals surface area (Å²) in [4.78, 5) is 15.0. The Morgan fingerprint density at radius 1 is 1.04 bits per heavy atom. The molecule has 11 heteroatoms. The van der Waals surface area contributed by atoms with Crippen LogP contribution >= 0.6 is 15.9 Å². The molecule has 0 aliphatic carbocycles. The van der Waals surface area contributed by atoms with E-state index in [-0.39, 0.29) is 19.6 Å². The first kappa shape index (κ1) is 31.8. The lowest BCUT2D eigenvalue weighted by atomic mass is 9.96. The van der Waals surface area contributed by atoms with Crippen LogP contribution in [0.2, 0.25) is 0 Å². The number of nitrogens with one attached hydrogen (secondary N) is 1. The molecule has 0 radical (unpaired) electrons. The number of nitrogens with zero attached hydrogens (tertiary/aromatic N) is 2. The number of nitriles is 1. The van der Waals surface area contributed by atoms with Gasteiger partial charge in [-0.2, -0.15) is 5.26 Å². The maximum absolute atomic E-state index is 10.9. The fourth-order valence-electron chi connectivity index (χ4n) is 4.91. The Morgan fingerprint density at radius 2 is 1.84 bits per heavy atom. The normalized spacial score (nSPS) is 12.7. The predicted octanol–water partition coefficient (Wildman–Crippen LogP) is 5.55. The van der Waals surface area contributed by atoms with Crippen LogP contribution in [-0.2, 0) is 24.6 Å². The van der Waals surface area contributed by atoms with Crippen molar-refractivity contribution in [3.63, 3.8) is 0 Å². The van der Waals surface area contributed by atoms with Gasteiger partial charge in [0.1, 0.15) is 44.0 Å². The molecule has 5 rings (SSSR count). The van der Waals surface area contributed by atoms with Gasteiger partial charge in [-0.15, -0.1) is 0 Å². The van der Waals surface area contributed by atoms with Crippen molar-refractivity contribution in [1.82, 2.24) is 10.3 Å². The fraction of sp³-hybridized carbons (Fsp3) is 0.265. The molecule has 10 nitrogen and oxygen atoms in total. The molecule has 232 valence electrons. The van der Waals surface area contributed by atoms with Gasteiger partial charge in [0, 0.05) is 42.7 Å². The van der Waals surface area contributed by atoms with E-state index < -0.39 is 12.1 Å². The average molecular weight is 675 g/mol. The van der Waals surface area contributed by atoms with Crippen molar-refractivity contribution in [2.45, 2.75) is 39.2 Å². The zero-order valence-electron chi connectivity index (χ0n) is 24.6. The maximum Gasteiger partial charge on any atom is 0.306 e. The van der Waals surface area contributed by atoms with E-state index in [0.29, 0.717) is 47.9 Å². The van der Waals surface area contributed by atoms with Crippen LogP contribution in [0, 0.1) is 18.3 Å². The lowest BCUT2D eigenvalue weighted by Gasteiger charge is -2.20.